The Morgan fingerprint density at radius 1 is 1.47 bits per heavy atom. The molecule has 0 saturated carbocycles. The number of nitro benzene ring substituents is 1. The number of alkyl halides is 3. The average Bonchev–Trinajstić information content (AvgIpc) is 2.27. The maximum Gasteiger partial charge on any atom is 0.387 e. The molecule has 1 aromatic carbocycles. The number of benzene rings is 1. The number of aliphatic carboxylic acids is 1. The zero-order chi connectivity index (χ0) is 14.6. The molecule has 1 N–H and O–H groups in total. The van der Waals surface area contributed by atoms with Crippen LogP contribution in [0.3, 0.4) is 0 Å². The third kappa shape index (κ3) is 4.02. The van der Waals surface area contributed by atoms with Gasteiger partial charge in [0.2, 0.25) is 0 Å². The molecule has 0 fully saturated rings. The number of ether oxygens (including phenoxy) is 1. The third-order valence-electron chi connectivity index (χ3n) is 2.16. The van der Waals surface area contributed by atoms with Crippen molar-refractivity contribution in [1.29, 1.82) is 0 Å². The molecule has 0 spiro atoms. The molecule has 0 bridgehead atoms. The van der Waals surface area contributed by atoms with Crippen molar-refractivity contribution in [2.75, 3.05) is 0 Å². The predicted molar refractivity (Wildman–Crippen MR) is 60.6 cm³/mol. The van der Waals surface area contributed by atoms with Crippen molar-refractivity contribution >= 4 is 23.3 Å². The van der Waals surface area contributed by atoms with E-state index in [2.05, 4.69) is 4.74 Å². The standard InChI is InChI=1S/C10H8ClF2NO5/c11-4-6-1-7(14(17)18)5(3-9(15)16)2-8(6)19-10(12)13/h1-2,10H,3-4H2,(H,15,16). The van der Waals surface area contributed by atoms with Crippen LogP contribution in [0.25, 0.3) is 0 Å². The Labute approximate surface area is 110 Å². The predicted octanol–water partition coefficient (Wildman–Crippen LogP) is 2.56. The van der Waals surface area contributed by atoms with E-state index in [0.29, 0.717) is 0 Å². The van der Waals surface area contributed by atoms with Gasteiger partial charge in [0.15, 0.2) is 0 Å². The lowest BCUT2D eigenvalue weighted by molar-refractivity contribution is -0.385. The van der Waals surface area contributed by atoms with E-state index in [-0.39, 0.29) is 22.8 Å². The van der Waals surface area contributed by atoms with Gasteiger partial charge in [0.05, 0.1) is 17.2 Å². The van der Waals surface area contributed by atoms with Gasteiger partial charge in [0.1, 0.15) is 5.75 Å². The number of nitrogens with zero attached hydrogens (tertiary/aromatic N) is 1. The van der Waals surface area contributed by atoms with Crippen molar-refractivity contribution < 1.29 is 28.3 Å². The average molecular weight is 296 g/mol. The van der Waals surface area contributed by atoms with Crippen LogP contribution in [-0.2, 0) is 17.1 Å². The first-order valence-electron chi connectivity index (χ1n) is 4.88. The van der Waals surface area contributed by atoms with Gasteiger partial charge in [-0.25, -0.2) is 0 Å². The highest BCUT2D eigenvalue weighted by molar-refractivity contribution is 6.17. The minimum atomic E-state index is -3.14. The fourth-order valence-corrected chi connectivity index (χ4v) is 1.65. The molecule has 0 amide bonds. The topological polar surface area (TPSA) is 89.7 Å². The summed E-state index contributed by atoms with van der Waals surface area (Å²) in [7, 11) is 0. The van der Waals surface area contributed by atoms with Gasteiger partial charge < -0.3 is 9.84 Å². The van der Waals surface area contributed by atoms with E-state index < -0.39 is 29.6 Å². The van der Waals surface area contributed by atoms with Crippen LogP contribution in [0.15, 0.2) is 12.1 Å². The van der Waals surface area contributed by atoms with Crippen LogP contribution in [0.5, 0.6) is 5.75 Å². The molecule has 19 heavy (non-hydrogen) atoms. The molecule has 104 valence electrons. The molecule has 0 radical (unpaired) electrons. The molecule has 0 heterocycles. The maximum atomic E-state index is 12.2. The van der Waals surface area contributed by atoms with Crippen LogP contribution < -0.4 is 4.74 Å². The highest BCUT2D eigenvalue weighted by Gasteiger charge is 2.21. The van der Waals surface area contributed by atoms with E-state index in [0.717, 1.165) is 12.1 Å². The Balaban J connectivity index is 3.33. The number of hydrogen-bond acceptors (Lipinski definition) is 4. The summed E-state index contributed by atoms with van der Waals surface area (Å²) in [5, 5.41) is 19.4. The molecule has 0 aromatic heterocycles. The monoisotopic (exact) mass is 295 g/mol. The Morgan fingerprint density at radius 2 is 2.11 bits per heavy atom. The number of carbonyl (C=O) groups is 1. The van der Waals surface area contributed by atoms with Gasteiger partial charge >= 0.3 is 12.6 Å². The second-order valence-corrected chi connectivity index (χ2v) is 3.70. The summed E-state index contributed by atoms with van der Waals surface area (Å²) < 4.78 is 28.5. The van der Waals surface area contributed by atoms with Gasteiger partial charge in [0.25, 0.3) is 5.69 Å². The summed E-state index contributed by atoms with van der Waals surface area (Å²) >= 11 is 5.49. The van der Waals surface area contributed by atoms with E-state index in [1.54, 1.807) is 0 Å². The highest BCUT2D eigenvalue weighted by Crippen LogP contribution is 2.31. The minimum Gasteiger partial charge on any atom is -0.481 e. The van der Waals surface area contributed by atoms with Gasteiger partial charge in [-0.05, 0) is 6.07 Å². The van der Waals surface area contributed by atoms with E-state index in [1.807, 2.05) is 0 Å². The summed E-state index contributed by atoms with van der Waals surface area (Å²) in [6.45, 7) is -3.14. The van der Waals surface area contributed by atoms with Crippen LogP contribution >= 0.6 is 11.6 Å². The third-order valence-corrected chi connectivity index (χ3v) is 2.45. The lowest BCUT2D eigenvalue weighted by Crippen LogP contribution is -2.08. The number of hydrogen-bond donors (Lipinski definition) is 1. The van der Waals surface area contributed by atoms with E-state index in [4.69, 9.17) is 16.7 Å². The number of rotatable bonds is 6. The van der Waals surface area contributed by atoms with Crippen LogP contribution in [0.4, 0.5) is 14.5 Å². The highest BCUT2D eigenvalue weighted by atomic mass is 35.5. The molecule has 9 heteroatoms. The van der Waals surface area contributed by atoms with Crippen molar-refractivity contribution in [3.8, 4) is 5.75 Å². The maximum absolute atomic E-state index is 12.2. The molecular formula is C10H8ClF2NO5. The summed E-state index contributed by atoms with van der Waals surface area (Å²) in [6, 6.07) is 1.83. The van der Waals surface area contributed by atoms with Crippen molar-refractivity contribution in [2.45, 2.75) is 18.9 Å². The molecule has 0 atom stereocenters. The lowest BCUT2D eigenvalue weighted by Gasteiger charge is -2.11. The number of carboxylic acid groups (broad SMARTS) is 1. The normalized spacial score (nSPS) is 10.5. The number of nitro groups is 1. The molecule has 0 unspecified atom stereocenters. The van der Waals surface area contributed by atoms with E-state index in [9.17, 15) is 23.7 Å². The summed E-state index contributed by atoms with van der Waals surface area (Å²) in [6.07, 6.45) is -0.682. The van der Waals surface area contributed by atoms with Crippen molar-refractivity contribution in [2.24, 2.45) is 0 Å². The SMILES string of the molecule is O=C(O)Cc1cc(OC(F)F)c(CCl)cc1[N+](=O)[O-]. The first-order valence-corrected chi connectivity index (χ1v) is 5.41. The largest absolute Gasteiger partial charge is 0.481 e. The molecule has 6 nitrogen and oxygen atoms in total. The Kier molecular flexibility index (Phi) is 4.99. The van der Waals surface area contributed by atoms with Crippen LogP contribution in [0, 0.1) is 10.1 Å². The Bertz CT molecular complexity index is 509. The first kappa shape index (κ1) is 15.1. The van der Waals surface area contributed by atoms with Gasteiger partial charge in [0, 0.05) is 17.2 Å². The van der Waals surface area contributed by atoms with Crippen molar-refractivity contribution in [3.05, 3.63) is 33.4 Å². The second kappa shape index (κ2) is 6.28. The quantitative estimate of drug-likeness (QED) is 0.495. The van der Waals surface area contributed by atoms with Gasteiger partial charge in [-0.2, -0.15) is 8.78 Å². The van der Waals surface area contributed by atoms with E-state index in [1.165, 1.54) is 0 Å². The Hall–Kier alpha value is -1.96. The second-order valence-electron chi connectivity index (χ2n) is 3.43. The first-order chi connectivity index (χ1) is 8.85. The summed E-state index contributed by atoms with van der Waals surface area (Å²) in [5.41, 5.74) is -0.746. The number of carboxylic acids is 1. The van der Waals surface area contributed by atoms with Gasteiger partial charge in [-0.15, -0.1) is 11.6 Å². The molecule has 0 aliphatic carbocycles. The fourth-order valence-electron chi connectivity index (χ4n) is 1.44. The molecule has 0 saturated heterocycles. The van der Waals surface area contributed by atoms with Crippen LogP contribution in [0.2, 0.25) is 0 Å². The lowest BCUT2D eigenvalue weighted by atomic mass is 10.1. The van der Waals surface area contributed by atoms with Gasteiger partial charge in [-0.3, -0.25) is 14.9 Å². The molecule has 0 aliphatic heterocycles. The summed E-state index contributed by atoms with van der Waals surface area (Å²) in [5.74, 6) is -1.98. The minimum absolute atomic E-state index is 0.0113. The van der Waals surface area contributed by atoms with Crippen LogP contribution in [-0.4, -0.2) is 22.6 Å². The zero-order valence-electron chi connectivity index (χ0n) is 9.31. The smallest absolute Gasteiger partial charge is 0.387 e. The number of halogens is 3. The summed E-state index contributed by atoms with van der Waals surface area (Å²) in [4.78, 5) is 20.6. The van der Waals surface area contributed by atoms with E-state index >= 15 is 0 Å². The van der Waals surface area contributed by atoms with Crippen molar-refractivity contribution in [3.63, 3.8) is 0 Å². The van der Waals surface area contributed by atoms with Crippen LogP contribution in [0.1, 0.15) is 11.1 Å². The Morgan fingerprint density at radius 3 is 2.53 bits per heavy atom. The van der Waals surface area contributed by atoms with Crippen molar-refractivity contribution in [1.82, 2.24) is 0 Å². The zero-order valence-corrected chi connectivity index (χ0v) is 10.1. The fraction of sp³-hybridized carbons (Fsp3) is 0.300. The molecular weight excluding hydrogens is 288 g/mol. The van der Waals surface area contributed by atoms with Gasteiger partial charge in [-0.1, -0.05) is 0 Å². The molecule has 0 aliphatic rings. The molecule has 1 aromatic rings. The molecule has 1 rings (SSSR count).